The Morgan fingerprint density at radius 3 is 2.56 bits per heavy atom. The molecule has 0 bridgehead atoms. The molecule has 0 atom stereocenters. The van der Waals surface area contributed by atoms with E-state index in [-0.39, 0.29) is 24.9 Å². The van der Waals surface area contributed by atoms with Crippen molar-refractivity contribution in [1.82, 2.24) is 5.32 Å². The van der Waals surface area contributed by atoms with Crippen LogP contribution in [-0.4, -0.2) is 31.6 Å². The molecule has 0 aromatic heterocycles. The highest BCUT2D eigenvalue weighted by atomic mass is 19.1. The normalized spacial score (nSPS) is 10.2. The first kappa shape index (κ1) is 18.4. The number of aryl methyl sites for hydroxylation is 1. The standard InChI is InChI=1S/C19H20FNO4/c1-14-4-2-5-15(12-14)19(23)21-13-18(22)25-11-3-10-24-17-8-6-16(20)7-9-17/h2,4-9,12H,3,10-11,13H2,1H3,(H,21,23). The number of ether oxygens (including phenoxy) is 2. The molecule has 0 aliphatic carbocycles. The molecule has 0 unspecified atom stereocenters. The predicted octanol–water partition coefficient (Wildman–Crippen LogP) is 2.88. The third-order valence-corrected chi connectivity index (χ3v) is 3.31. The fraction of sp³-hybridized carbons (Fsp3) is 0.263. The van der Waals surface area contributed by atoms with Crippen molar-refractivity contribution in [2.75, 3.05) is 19.8 Å². The van der Waals surface area contributed by atoms with Crippen molar-refractivity contribution in [3.05, 3.63) is 65.5 Å². The van der Waals surface area contributed by atoms with Crippen LogP contribution in [0.1, 0.15) is 22.3 Å². The van der Waals surface area contributed by atoms with Crippen LogP contribution in [0.2, 0.25) is 0 Å². The molecule has 1 amide bonds. The molecule has 25 heavy (non-hydrogen) atoms. The Morgan fingerprint density at radius 1 is 1.08 bits per heavy atom. The Kier molecular flexibility index (Phi) is 6.95. The number of rotatable bonds is 8. The lowest BCUT2D eigenvalue weighted by atomic mass is 10.1. The number of nitrogens with one attached hydrogen (secondary N) is 1. The number of hydrogen-bond acceptors (Lipinski definition) is 4. The monoisotopic (exact) mass is 345 g/mol. The molecule has 1 N–H and O–H groups in total. The van der Waals surface area contributed by atoms with E-state index in [0.29, 0.717) is 24.3 Å². The van der Waals surface area contributed by atoms with Crippen molar-refractivity contribution < 1.29 is 23.5 Å². The second-order valence-corrected chi connectivity index (χ2v) is 5.43. The van der Waals surface area contributed by atoms with Crippen LogP contribution in [0.3, 0.4) is 0 Å². The van der Waals surface area contributed by atoms with Gasteiger partial charge in [0.2, 0.25) is 0 Å². The maximum Gasteiger partial charge on any atom is 0.325 e. The molecule has 6 heteroatoms. The van der Waals surface area contributed by atoms with Gasteiger partial charge in [0.1, 0.15) is 18.1 Å². The van der Waals surface area contributed by atoms with Crippen LogP contribution >= 0.6 is 0 Å². The molecule has 2 aromatic rings. The summed E-state index contributed by atoms with van der Waals surface area (Å²) in [5.41, 5.74) is 1.47. The van der Waals surface area contributed by atoms with Crippen molar-refractivity contribution in [3.63, 3.8) is 0 Å². The lowest BCUT2D eigenvalue weighted by Crippen LogP contribution is -2.30. The average molecular weight is 345 g/mol. The lowest BCUT2D eigenvalue weighted by Gasteiger charge is -2.08. The predicted molar refractivity (Wildman–Crippen MR) is 91.0 cm³/mol. The van der Waals surface area contributed by atoms with Gasteiger partial charge in [0.15, 0.2) is 0 Å². The van der Waals surface area contributed by atoms with Gasteiger partial charge >= 0.3 is 5.97 Å². The Hall–Kier alpha value is -2.89. The molecular weight excluding hydrogens is 325 g/mol. The summed E-state index contributed by atoms with van der Waals surface area (Å²) in [6.07, 6.45) is 0.495. The SMILES string of the molecule is Cc1cccc(C(=O)NCC(=O)OCCCOc2ccc(F)cc2)c1. The van der Waals surface area contributed by atoms with Crippen LogP contribution in [0.25, 0.3) is 0 Å². The molecule has 0 saturated heterocycles. The molecule has 0 aliphatic heterocycles. The van der Waals surface area contributed by atoms with Gasteiger partial charge in [-0.25, -0.2) is 4.39 Å². The van der Waals surface area contributed by atoms with Crippen LogP contribution in [0, 0.1) is 12.7 Å². The summed E-state index contributed by atoms with van der Waals surface area (Å²) in [7, 11) is 0. The van der Waals surface area contributed by atoms with Crippen molar-refractivity contribution in [3.8, 4) is 5.75 Å². The summed E-state index contributed by atoms with van der Waals surface area (Å²) in [5, 5.41) is 2.52. The molecule has 0 saturated carbocycles. The molecule has 2 rings (SSSR count). The van der Waals surface area contributed by atoms with E-state index in [4.69, 9.17) is 9.47 Å². The maximum absolute atomic E-state index is 12.7. The molecule has 2 aromatic carbocycles. The molecule has 0 spiro atoms. The van der Waals surface area contributed by atoms with Gasteiger partial charge in [-0.1, -0.05) is 17.7 Å². The van der Waals surface area contributed by atoms with Crippen molar-refractivity contribution >= 4 is 11.9 Å². The first-order chi connectivity index (χ1) is 12.0. The minimum atomic E-state index is -0.511. The fourth-order valence-corrected chi connectivity index (χ4v) is 2.06. The zero-order valence-electron chi connectivity index (χ0n) is 14.0. The van der Waals surface area contributed by atoms with Crippen LogP contribution in [0.4, 0.5) is 4.39 Å². The summed E-state index contributed by atoms with van der Waals surface area (Å²) >= 11 is 0. The first-order valence-electron chi connectivity index (χ1n) is 7.93. The Labute approximate surface area is 145 Å². The second kappa shape index (κ2) is 9.42. The number of benzene rings is 2. The average Bonchev–Trinajstić information content (AvgIpc) is 2.61. The number of carbonyl (C=O) groups is 2. The van der Waals surface area contributed by atoms with Crippen molar-refractivity contribution in [1.29, 1.82) is 0 Å². The summed E-state index contributed by atoms with van der Waals surface area (Å²) in [4.78, 5) is 23.5. The minimum Gasteiger partial charge on any atom is -0.493 e. The highest BCUT2D eigenvalue weighted by Gasteiger charge is 2.08. The smallest absolute Gasteiger partial charge is 0.325 e. The summed E-state index contributed by atoms with van der Waals surface area (Å²) in [6.45, 7) is 2.22. The number of amides is 1. The van der Waals surface area contributed by atoms with E-state index < -0.39 is 5.97 Å². The van der Waals surface area contributed by atoms with Gasteiger partial charge in [-0.15, -0.1) is 0 Å². The van der Waals surface area contributed by atoms with Gasteiger partial charge in [-0.05, 0) is 43.3 Å². The van der Waals surface area contributed by atoms with Crippen LogP contribution in [-0.2, 0) is 9.53 Å². The van der Waals surface area contributed by atoms with Crippen molar-refractivity contribution in [2.24, 2.45) is 0 Å². The quantitative estimate of drug-likeness (QED) is 0.590. The number of carbonyl (C=O) groups excluding carboxylic acids is 2. The molecule has 0 heterocycles. The molecule has 0 aliphatic rings. The maximum atomic E-state index is 12.7. The molecule has 0 fully saturated rings. The molecule has 0 radical (unpaired) electrons. The first-order valence-corrected chi connectivity index (χ1v) is 7.93. The zero-order valence-corrected chi connectivity index (χ0v) is 14.0. The van der Waals surface area contributed by atoms with Gasteiger partial charge in [-0.3, -0.25) is 9.59 Å². The fourth-order valence-electron chi connectivity index (χ4n) is 2.06. The summed E-state index contributed by atoms with van der Waals surface area (Å²) < 4.78 is 23.1. The summed E-state index contributed by atoms with van der Waals surface area (Å²) in [5.74, 6) is -0.602. The number of hydrogen-bond donors (Lipinski definition) is 1. The van der Waals surface area contributed by atoms with E-state index >= 15 is 0 Å². The van der Waals surface area contributed by atoms with E-state index in [1.165, 1.54) is 24.3 Å². The highest BCUT2D eigenvalue weighted by molar-refractivity contribution is 5.96. The van der Waals surface area contributed by atoms with Crippen LogP contribution in [0.5, 0.6) is 5.75 Å². The van der Waals surface area contributed by atoms with E-state index in [0.717, 1.165) is 5.56 Å². The van der Waals surface area contributed by atoms with E-state index in [2.05, 4.69) is 5.32 Å². The van der Waals surface area contributed by atoms with Crippen molar-refractivity contribution in [2.45, 2.75) is 13.3 Å². The van der Waals surface area contributed by atoms with E-state index in [1.807, 2.05) is 13.0 Å². The second-order valence-electron chi connectivity index (χ2n) is 5.43. The van der Waals surface area contributed by atoms with Gasteiger partial charge in [-0.2, -0.15) is 0 Å². The third kappa shape index (κ3) is 6.63. The number of halogens is 1. The molecular formula is C19H20FNO4. The minimum absolute atomic E-state index is 0.181. The Balaban J connectivity index is 1.59. The van der Waals surface area contributed by atoms with Gasteiger partial charge in [0.25, 0.3) is 5.91 Å². The highest BCUT2D eigenvalue weighted by Crippen LogP contribution is 2.11. The zero-order chi connectivity index (χ0) is 18.1. The summed E-state index contributed by atoms with van der Waals surface area (Å²) in [6, 6.07) is 12.8. The topological polar surface area (TPSA) is 64.6 Å². The lowest BCUT2D eigenvalue weighted by molar-refractivity contribution is -0.142. The Morgan fingerprint density at radius 2 is 1.84 bits per heavy atom. The van der Waals surface area contributed by atoms with Gasteiger partial charge < -0.3 is 14.8 Å². The Bertz CT molecular complexity index is 716. The van der Waals surface area contributed by atoms with Crippen LogP contribution < -0.4 is 10.1 Å². The van der Waals surface area contributed by atoms with E-state index in [9.17, 15) is 14.0 Å². The third-order valence-electron chi connectivity index (χ3n) is 3.31. The van der Waals surface area contributed by atoms with E-state index in [1.54, 1.807) is 18.2 Å². The van der Waals surface area contributed by atoms with Gasteiger partial charge in [0, 0.05) is 12.0 Å². The molecule has 5 nitrogen and oxygen atoms in total. The number of esters is 1. The molecule has 132 valence electrons. The van der Waals surface area contributed by atoms with Crippen LogP contribution in [0.15, 0.2) is 48.5 Å². The largest absolute Gasteiger partial charge is 0.493 e. The van der Waals surface area contributed by atoms with Gasteiger partial charge in [0.05, 0.1) is 13.2 Å².